The maximum atomic E-state index is 10.6. The first-order valence-electron chi connectivity index (χ1n) is 9.56. The molecule has 8 heteroatoms. The van der Waals surface area contributed by atoms with Gasteiger partial charge in [-0.2, -0.15) is 0 Å². The van der Waals surface area contributed by atoms with Crippen LogP contribution in [0.4, 0.5) is 0 Å². The summed E-state index contributed by atoms with van der Waals surface area (Å²) in [5.41, 5.74) is 0.670. The van der Waals surface area contributed by atoms with Gasteiger partial charge in [-0.05, 0) is 54.8 Å². The molecule has 0 amide bonds. The monoisotopic (exact) mass is 420 g/mol. The molecule has 2 aromatic carbocycles. The van der Waals surface area contributed by atoms with Crippen LogP contribution in [0, 0.1) is 6.92 Å². The minimum absolute atomic E-state index is 0.430. The summed E-state index contributed by atoms with van der Waals surface area (Å²) in [7, 11) is 3.17. The zero-order chi connectivity index (χ0) is 22.1. The summed E-state index contributed by atoms with van der Waals surface area (Å²) >= 11 is 0. The van der Waals surface area contributed by atoms with Crippen molar-refractivity contribution < 1.29 is 39.4 Å². The summed E-state index contributed by atoms with van der Waals surface area (Å²) in [5.74, 6) is 1.76. The summed E-state index contributed by atoms with van der Waals surface area (Å²) in [6.45, 7) is 2.62. The van der Waals surface area contributed by atoms with Crippen LogP contribution in [0.1, 0.15) is 12.5 Å². The fraction of sp³-hybridized carbons (Fsp3) is 0.455. The lowest BCUT2D eigenvalue weighted by Gasteiger charge is -2.45. The number of benzene rings is 2. The van der Waals surface area contributed by atoms with E-state index in [-0.39, 0.29) is 0 Å². The number of rotatable bonds is 6. The molecule has 164 valence electrons. The third kappa shape index (κ3) is 4.23. The Morgan fingerprint density at radius 2 is 1.63 bits per heavy atom. The van der Waals surface area contributed by atoms with Crippen LogP contribution in [-0.4, -0.2) is 71.5 Å². The number of aliphatic hydroxyl groups excluding tert-OH is 3. The van der Waals surface area contributed by atoms with Gasteiger partial charge in [0.1, 0.15) is 35.6 Å². The molecular weight excluding hydrogens is 392 g/mol. The van der Waals surface area contributed by atoms with Gasteiger partial charge in [0.15, 0.2) is 5.60 Å². The van der Waals surface area contributed by atoms with Gasteiger partial charge in [0.25, 0.3) is 0 Å². The Morgan fingerprint density at radius 1 is 1.00 bits per heavy atom. The molecule has 8 nitrogen and oxygen atoms in total. The van der Waals surface area contributed by atoms with Gasteiger partial charge in [-0.1, -0.05) is 6.07 Å². The predicted molar refractivity (Wildman–Crippen MR) is 109 cm³/mol. The lowest BCUT2D eigenvalue weighted by Crippen LogP contribution is -2.66. The van der Waals surface area contributed by atoms with Crippen LogP contribution in [0.5, 0.6) is 17.2 Å². The molecule has 5 atom stereocenters. The molecule has 0 radical (unpaired) electrons. The molecule has 1 aliphatic heterocycles. The van der Waals surface area contributed by atoms with E-state index in [1.54, 1.807) is 26.4 Å². The quantitative estimate of drug-likeness (QED) is 0.552. The molecule has 4 N–H and O–H groups in total. The molecule has 0 saturated carbocycles. The van der Waals surface area contributed by atoms with E-state index in [4.69, 9.17) is 18.9 Å². The van der Waals surface area contributed by atoms with Crippen LogP contribution >= 0.6 is 0 Å². The second kappa shape index (κ2) is 8.79. The highest BCUT2D eigenvalue weighted by molar-refractivity contribution is 5.69. The number of hydrogen-bond acceptors (Lipinski definition) is 8. The highest BCUT2D eigenvalue weighted by Crippen LogP contribution is 2.35. The molecule has 0 bridgehead atoms. The van der Waals surface area contributed by atoms with Crippen molar-refractivity contribution in [3.05, 3.63) is 42.0 Å². The molecule has 1 aliphatic rings. The van der Waals surface area contributed by atoms with Crippen molar-refractivity contribution in [3.8, 4) is 28.4 Å². The molecule has 0 aliphatic carbocycles. The van der Waals surface area contributed by atoms with Gasteiger partial charge in [-0.15, -0.1) is 0 Å². The zero-order valence-corrected chi connectivity index (χ0v) is 17.4. The third-order valence-electron chi connectivity index (χ3n) is 5.35. The van der Waals surface area contributed by atoms with Crippen molar-refractivity contribution in [2.24, 2.45) is 0 Å². The van der Waals surface area contributed by atoms with Crippen LogP contribution in [0.3, 0.4) is 0 Å². The standard InChI is InChI=1S/C22H28O8/c1-12-7-13(14-8-15(27-3)10-16(9-14)28-4)5-6-17(12)29-21-22(2,26)20(25)19(24)18(11-23)30-21/h5-10,18-21,23-26H,11H2,1-4H3/t18-,19-,20+,21+,22+/m1/s1. The van der Waals surface area contributed by atoms with E-state index >= 15 is 0 Å². The first kappa shape index (κ1) is 22.3. The van der Waals surface area contributed by atoms with Crippen LogP contribution in [0.25, 0.3) is 11.1 Å². The predicted octanol–water partition coefficient (Wildman–Crippen LogP) is 1.25. The van der Waals surface area contributed by atoms with Gasteiger partial charge in [0.2, 0.25) is 6.29 Å². The molecule has 0 unspecified atom stereocenters. The number of hydrogen-bond donors (Lipinski definition) is 4. The number of ether oxygens (including phenoxy) is 4. The first-order chi connectivity index (χ1) is 14.2. The van der Waals surface area contributed by atoms with Crippen LogP contribution in [-0.2, 0) is 4.74 Å². The fourth-order valence-electron chi connectivity index (χ4n) is 3.41. The molecule has 1 heterocycles. The minimum Gasteiger partial charge on any atom is -0.497 e. The van der Waals surface area contributed by atoms with Gasteiger partial charge in [-0.3, -0.25) is 0 Å². The Bertz CT molecular complexity index is 859. The largest absolute Gasteiger partial charge is 0.497 e. The van der Waals surface area contributed by atoms with E-state index in [0.29, 0.717) is 17.2 Å². The maximum Gasteiger partial charge on any atom is 0.231 e. The van der Waals surface area contributed by atoms with Crippen molar-refractivity contribution in [2.75, 3.05) is 20.8 Å². The Kier molecular flexibility index (Phi) is 6.54. The van der Waals surface area contributed by atoms with Crippen molar-refractivity contribution >= 4 is 0 Å². The number of methoxy groups -OCH3 is 2. The third-order valence-corrected chi connectivity index (χ3v) is 5.35. The van der Waals surface area contributed by atoms with Crippen molar-refractivity contribution in [3.63, 3.8) is 0 Å². The first-order valence-corrected chi connectivity index (χ1v) is 9.56. The van der Waals surface area contributed by atoms with E-state index in [2.05, 4.69) is 0 Å². The number of aryl methyl sites for hydroxylation is 1. The SMILES string of the molecule is COc1cc(OC)cc(-c2ccc(O[C@H]3O[C@H](CO)[C@@H](O)[C@H](O)[C@]3(C)O)c(C)c2)c1. The van der Waals surface area contributed by atoms with Gasteiger partial charge >= 0.3 is 0 Å². The van der Waals surface area contributed by atoms with Gasteiger partial charge in [-0.25, -0.2) is 0 Å². The van der Waals surface area contributed by atoms with Crippen LogP contribution in [0.15, 0.2) is 36.4 Å². The average Bonchev–Trinajstić information content (AvgIpc) is 2.75. The summed E-state index contributed by atoms with van der Waals surface area (Å²) < 4.78 is 22.0. The summed E-state index contributed by atoms with van der Waals surface area (Å²) in [6, 6.07) is 11.0. The van der Waals surface area contributed by atoms with Gasteiger partial charge < -0.3 is 39.4 Å². The molecule has 3 rings (SSSR count). The van der Waals surface area contributed by atoms with Crippen LogP contribution < -0.4 is 14.2 Å². The Hall–Kier alpha value is -2.36. The summed E-state index contributed by atoms with van der Waals surface area (Å²) in [6.07, 6.45) is -5.34. The lowest BCUT2D eigenvalue weighted by atomic mass is 9.88. The van der Waals surface area contributed by atoms with Crippen LogP contribution in [0.2, 0.25) is 0 Å². The van der Waals surface area contributed by atoms with Crippen molar-refractivity contribution in [1.29, 1.82) is 0 Å². The molecule has 1 fully saturated rings. The second-order valence-corrected chi connectivity index (χ2v) is 7.55. The lowest BCUT2D eigenvalue weighted by molar-refractivity contribution is -0.314. The zero-order valence-electron chi connectivity index (χ0n) is 17.4. The normalized spacial score (nSPS) is 28.8. The summed E-state index contributed by atoms with van der Waals surface area (Å²) in [5, 5.41) is 40.2. The van der Waals surface area contributed by atoms with Gasteiger partial charge in [0.05, 0.1) is 20.8 Å². The Balaban J connectivity index is 1.87. The van der Waals surface area contributed by atoms with E-state index in [1.807, 2.05) is 31.2 Å². The number of aliphatic hydroxyl groups is 4. The van der Waals surface area contributed by atoms with E-state index in [1.165, 1.54) is 6.92 Å². The van der Waals surface area contributed by atoms with E-state index in [0.717, 1.165) is 16.7 Å². The second-order valence-electron chi connectivity index (χ2n) is 7.55. The Labute approximate surface area is 175 Å². The highest BCUT2D eigenvalue weighted by atomic mass is 16.7. The van der Waals surface area contributed by atoms with Crippen molar-refractivity contribution in [2.45, 2.75) is 44.1 Å². The van der Waals surface area contributed by atoms with Crippen molar-refractivity contribution in [1.82, 2.24) is 0 Å². The minimum atomic E-state index is -1.88. The van der Waals surface area contributed by atoms with E-state index < -0.39 is 36.8 Å². The fourth-order valence-corrected chi connectivity index (χ4v) is 3.41. The summed E-state index contributed by atoms with van der Waals surface area (Å²) in [4.78, 5) is 0. The average molecular weight is 420 g/mol. The molecule has 2 aromatic rings. The molecule has 0 aromatic heterocycles. The smallest absolute Gasteiger partial charge is 0.231 e. The molecular formula is C22H28O8. The maximum absolute atomic E-state index is 10.6. The van der Waals surface area contributed by atoms with E-state index in [9.17, 15) is 20.4 Å². The molecule has 1 saturated heterocycles. The molecule has 0 spiro atoms. The molecule has 30 heavy (non-hydrogen) atoms. The highest BCUT2D eigenvalue weighted by Gasteiger charge is 2.53. The van der Waals surface area contributed by atoms with Gasteiger partial charge in [0, 0.05) is 6.07 Å². The topological polar surface area (TPSA) is 118 Å². The Morgan fingerprint density at radius 3 is 2.17 bits per heavy atom.